The number of benzene rings is 4. The van der Waals surface area contributed by atoms with Crippen LogP contribution < -0.4 is 30.2 Å². The monoisotopic (exact) mass is 1150 g/mol. The Labute approximate surface area is 484 Å². The number of amides is 2. The number of carboxylic acid groups (broad SMARTS) is 2. The molecule has 1 unspecified atom stereocenters. The summed E-state index contributed by atoms with van der Waals surface area (Å²) < 4.78 is 25.6. The van der Waals surface area contributed by atoms with E-state index >= 15 is 0 Å². The smallest absolute Gasteiger partial charge is 0.330 e. The molecule has 5 aromatic rings. The van der Waals surface area contributed by atoms with E-state index in [4.69, 9.17) is 42.1 Å². The molecule has 4 aromatic carbocycles. The van der Waals surface area contributed by atoms with E-state index in [0.717, 1.165) is 79.3 Å². The fourth-order valence-electron chi connectivity index (χ4n) is 11.4. The first-order valence-electron chi connectivity index (χ1n) is 28.1. The maximum absolute atomic E-state index is 12.3. The van der Waals surface area contributed by atoms with Gasteiger partial charge in [0.1, 0.15) is 13.2 Å². The van der Waals surface area contributed by atoms with Gasteiger partial charge < -0.3 is 33.7 Å². The molecular formula is C62H77Cl2N5O12. The van der Waals surface area contributed by atoms with Crippen LogP contribution >= 0.6 is 23.2 Å². The van der Waals surface area contributed by atoms with E-state index in [1.165, 1.54) is 27.3 Å². The van der Waals surface area contributed by atoms with Crippen molar-refractivity contribution in [3.63, 3.8) is 0 Å². The molecule has 0 bridgehead atoms. The SMILES string of the molecule is CCC(c1ccc(Cl)cc1)N(Cc1ccc(OCCN2C(=O)CCC2=O)c(OC)c1)C[C@H]1CC[C@H](C(=O)O)CC1.COc1cc(CN(C[C@H]2CC[C@H](C(=O)O)CC2)[C@@H](C)c2ccc(Cl)cc2)ccc1OCCn1c(=O)ccn(C)c1=O. The molecule has 81 heavy (non-hydrogen) atoms. The Bertz CT molecular complexity index is 3010. The number of nitrogens with zero attached hydrogens (tertiary/aromatic N) is 5. The lowest BCUT2D eigenvalue weighted by Crippen LogP contribution is -2.39. The second-order valence-electron chi connectivity index (χ2n) is 21.5. The molecule has 2 atom stereocenters. The number of carbonyl (C=O) groups is 4. The predicted octanol–water partition coefficient (Wildman–Crippen LogP) is 10.5. The molecule has 1 saturated heterocycles. The molecule has 0 radical (unpaired) electrons. The van der Waals surface area contributed by atoms with Gasteiger partial charge in [0.25, 0.3) is 5.56 Å². The summed E-state index contributed by atoms with van der Waals surface area (Å²) in [5, 5.41) is 20.2. The van der Waals surface area contributed by atoms with E-state index in [0.29, 0.717) is 70.8 Å². The minimum absolute atomic E-state index is 0.109. The van der Waals surface area contributed by atoms with Gasteiger partial charge >= 0.3 is 17.6 Å². The molecular weight excluding hydrogens is 1080 g/mol. The molecule has 8 rings (SSSR count). The zero-order valence-corrected chi connectivity index (χ0v) is 48.6. The molecule has 17 nitrogen and oxygen atoms in total. The Balaban J connectivity index is 0.000000234. The van der Waals surface area contributed by atoms with Crippen molar-refractivity contribution in [3.05, 3.63) is 150 Å². The third kappa shape index (κ3) is 17.2. The first-order valence-corrected chi connectivity index (χ1v) is 28.8. The summed E-state index contributed by atoms with van der Waals surface area (Å²) in [5.74, 6) is 0.937. The molecule has 3 aliphatic rings. The average molecular weight is 1160 g/mol. The zero-order valence-electron chi connectivity index (χ0n) is 47.1. The van der Waals surface area contributed by atoms with E-state index in [1.54, 1.807) is 21.3 Å². The topological polar surface area (TPSA) is 199 Å². The summed E-state index contributed by atoms with van der Waals surface area (Å²) in [6.45, 7) is 8.09. The number of aromatic nitrogens is 2. The van der Waals surface area contributed by atoms with Crippen molar-refractivity contribution in [1.82, 2.24) is 23.8 Å². The molecule has 1 aliphatic heterocycles. The molecule has 19 heteroatoms. The van der Waals surface area contributed by atoms with Gasteiger partial charge in [-0.05, 0) is 147 Å². The summed E-state index contributed by atoms with van der Waals surface area (Å²) in [7, 11) is 4.78. The number of halogens is 2. The lowest BCUT2D eigenvalue weighted by atomic mass is 9.81. The van der Waals surface area contributed by atoms with Crippen molar-refractivity contribution in [2.24, 2.45) is 30.7 Å². The number of imide groups is 1. The normalized spacial score (nSPS) is 19.0. The summed E-state index contributed by atoms with van der Waals surface area (Å²) in [5.41, 5.74) is 3.70. The minimum Gasteiger partial charge on any atom is -0.493 e. The number of aryl methyl sites for hydroxylation is 1. The van der Waals surface area contributed by atoms with E-state index in [9.17, 15) is 39.0 Å². The van der Waals surface area contributed by atoms with Crippen LogP contribution in [0.1, 0.15) is 119 Å². The molecule has 2 amide bonds. The number of hydrogen-bond donors (Lipinski definition) is 2. The van der Waals surface area contributed by atoms with Crippen molar-refractivity contribution >= 4 is 47.0 Å². The number of carbonyl (C=O) groups excluding carboxylic acids is 2. The van der Waals surface area contributed by atoms with Crippen LogP contribution in [0, 0.1) is 23.7 Å². The fourth-order valence-corrected chi connectivity index (χ4v) is 11.6. The molecule has 436 valence electrons. The summed E-state index contributed by atoms with van der Waals surface area (Å²) >= 11 is 12.3. The van der Waals surface area contributed by atoms with Crippen molar-refractivity contribution in [2.75, 3.05) is 47.1 Å². The highest BCUT2D eigenvalue weighted by Crippen LogP contribution is 2.37. The number of carboxylic acids is 2. The van der Waals surface area contributed by atoms with Crippen LogP contribution in [0.5, 0.6) is 23.0 Å². The quantitative estimate of drug-likeness (QED) is 0.0523. The van der Waals surface area contributed by atoms with Gasteiger partial charge in [-0.25, -0.2) is 4.79 Å². The summed E-state index contributed by atoms with van der Waals surface area (Å²) in [6.07, 6.45) is 9.36. The predicted molar refractivity (Wildman–Crippen MR) is 310 cm³/mol. The van der Waals surface area contributed by atoms with Crippen molar-refractivity contribution in [1.29, 1.82) is 0 Å². The second kappa shape index (κ2) is 29.9. The third-order valence-electron chi connectivity index (χ3n) is 16.1. The van der Waals surface area contributed by atoms with E-state index < -0.39 is 17.6 Å². The lowest BCUT2D eigenvalue weighted by molar-refractivity contribution is -0.144. The number of hydrogen-bond acceptors (Lipinski definition) is 12. The highest BCUT2D eigenvalue weighted by Gasteiger charge is 2.32. The Morgan fingerprint density at radius 3 is 1.54 bits per heavy atom. The molecule has 2 heterocycles. The first kappa shape index (κ1) is 61.9. The Morgan fingerprint density at radius 1 is 0.617 bits per heavy atom. The highest BCUT2D eigenvalue weighted by molar-refractivity contribution is 6.30. The second-order valence-corrected chi connectivity index (χ2v) is 22.4. The van der Waals surface area contributed by atoms with E-state index in [1.807, 2.05) is 72.8 Å². The lowest BCUT2D eigenvalue weighted by Gasteiger charge is -2.36. The van der Waals surface area contributed by atoms with E-state index in [2.05, 4.69) is 35.8 Å². The molecule has 0 spiro atoms. The Morgan fingerprint density at radius 2 is 1.07 bits per heavy atom. The van der Waals surface area contributed by atoms with Crippen LogP contribution in [0.25, 0.3) is 0 Å². The van der Waals surface area contributed by atoms with Gasteiger partial charge in [0.15, 0.2) is 23.0 Å². The summed E-state index contributed by atoms with van der Waals surface area (Å²) in [6, 6.07) is 29.2. The van der Waals surface area contributed by atoms with Crippen LogP contribution in [-0.4, -0.2) is 105 Å². The van der Waals surface area contributed by atoms with Crippen LogP contribution in [0.2, 0.25) is 10.0 Å². The third-order valence-corrected chi connectivity index (χ3v) is 16.6. The van der Waals surface area contributed by atoms with Gasteiger partial charge in [-0.15, -0.1) is 0 Å². The van der Waals surface area contributed by atoms with Crippen LogP contribution in [0.3, 0.4) is 0 Å². The number of rotatable bonds is 25. The number of ether oxygens (including phenoxy) is 4. The molecule has 2 saturated carbocycles. The number of methoxy groups -OCH3 is 2. The largest absolute Gasteiger partial charge is 0.493 e. The number of likely N-dealkylation sites (tertiary alicyclic amines) is 1. The highest BCUT2D eigenvalue weighted by atomic mass is 35.5. The Kier molecular flexibility index (Phi) is 22.9. The zero-order chi connectivity index (χ0) is 58.2. The maximum atomic E-state index is 12.3. The average Bonchev–Trinajstić information content (AvgIpc) is 3.81. The molecule has 1 aromatic heterocycles. The van der Waals surface area contributed by atoms with Gasteiger partial charge in [0.05, 0.1) is 39.1 Å². The molecule has 3 fully saturated rings. The number of aliphatic carboxylic acids is 2. The first-order chi connectivity index (χ1) is 38.9. The Hall–Kier alpha value is -6.66. The van der Waals surface area contributed by atoms with Gasteiger partial charge in [-0.1, -0.05) is 66.5 Å². The minimum atomic E-state index is -0.692. The van der Waals surface area contributed by atoms with Crippen LogP contribution in [-0.2, 0) is 45.9 Å². The van der Waals surface area contributed by atoms with E-state index in [-0.39, 0.29) is 80.4 Å². The van der Waals surface area contributed by atoms with Crippen molar-refractivity contribution < 1.29 is 48.3 Å². The van der Waals surface area contributed by atoms with Crippen molar-refractivity contribution in [2.45, 2.75) is 116 Å². The van der Waals surface area contributed by atoms with Gasteiger partial charge in [-0.2, -0.15) is 0 Å². The van der Waals surface area contributed by atoms with Gasteiger partial charge in [0.2, 0.25) is 11.8 Å². The fraction of sp³-hybridized carbons (Fsp3) is 0.484. The van der Waals surface area contributed by atoms with Crippen LogP contribution in [0.15, 0.2) is 107 Å². The molecule has 2 N–H and O–H groups in total. The standard InChI is InChI=1S/C31H38ClN3O6.C31H39ClN2O6/c1-21(24-9-11-26(32)12-10-24)34(19-22-4-7-25(8-5-22)30(37)38)20-23-6-13-27(28(18-23)40-3)41-17-16-35-29(36)14-15-33(2)31(35)39;1-3-26(23-9-11-25(32)12-10-23)33(19-21-4-7-24(8-5-21)31(37)38)20-22-6-13-27(28(18-22)39-2)40-17-16-34-29(35)14-15-30(34)36/h6,9-15,18,21-22,25H,4-5,7-8,16-17,19-20H2,1-3H3,(H,37,38);6,9-13,18,21,24,26H,3-5,7-8,14-17,19-20H2,1-2H3,(H,37,38)/t21-,22-,25-;21-,24-,26?/m0./s1. The van der Waals surface area contributed by atoms with Gasteiger partial charge in [-0.3, -0.25) is 43.2 Å². The molecule has 2 aliphatic carbocycles. The maximum Gasteiger partial charge on any atom is 0.330 e. The van der Waals surface area contributed by atoms with Crippen molar-refractivity contribution in [3.8, 4) is 23.0 Å². The van der Waals surface area contributed by atoms with Crippen LogP contribution in [0.4, 0.5) is 0 Å². The summed E-state index contributed by atoms with van der Waals surface area (Å²) in [4.78, 5) is 77.2. The van der Waals surface area contributed by atoms with Gasteiger partial charge in [0, 0.05) is 80.5 Å².